The van der Waals surface area contributed by atoms with E-state index in [1.807, 2.05) is 36.1 Å². The van der Waals surface area contributed by atoms with Crippen LogP contribution in [0.4, 0.5) is 5.69 Å². The van der Waals surface area contributed by atoms with E-state index in [1.54, 1.807) is 24.3 Å². The SMILES string of the molecule is COC(=O)[C@H](C[C@@H](C(=O)OC)N1c2ccccc2C[C@@H]1C)N1C(=O)c2ccccc2C1=O. The third-order valence-corrected chi connectivity index (χ3v) is 6.13. The Bertz CT molecular complexity index is 1060. The van der Waals surface area contributed by atoms with E-state index in [9.17, 15) is 19.2 Å². The average molecular weight is 436 g/mol. The van der Waals surface area contributed by atoms with Crippen LogP contribution in [0.5, 0.6) is 0 Å². The molecule has 2 aromatic rings. The maximum Gasteiger partial charge on any atom is 0.329 e. The van der Waals surface area contributed by atoms with Crippen molar-refractivity contribution in [3.63, 3.8) is 0 Å². The summed E-state index contributed by atoms with van der Waals surface area (Å²) in [6, 6.07) is 11.9. The highest BCUT2D eigenvalue weighted by atomic mass is 16.5. The zero-order valence-electron chi connectivity index (χ0n) is 18.1. The third-order valence-electron chi connectivity index (χ3n) is 6.13. The first-order valence-corrected chi connectivity index (χ1v) is 10.4. The van der Waals surface area contributed by atoms with Gasteiger partial charge < -0.3 is 14.4 Å². The zero-order chi connectivity index (χ0) is 23.0. The number of esters is 2. The summed E-state index contributed by atoms with van der Waals surface area (Å²) in [4.78, 5) is 54.6. The first-order valence-electron chi connectivity index (χ1n) is 10.4. The number of carbonyl (C=O) groups excluding carboxylic acids is 4. The van der Waals surface area contributed by atoms with Crippen LogP contribution < -0.4 is 4.90 Å². The van der Waals surface area contributed by atoms with E-state index in [0.717, 1.165) is 22.6 Å². The average Bonchev–Trinajstić information content (AvgIpc) is 3.27. The molecule has 2 aliphatic rings. The number of benzene rings is 2. The van der Waals surface area contributed by atoms with Crippen LogP contribution in [0, 0.1) is 0 Å². The number of para-hydroxylation sites is 1. The molecule has 8 nitrogen and oxygen atoms in total. The number of fused-ring (bicyclic) bond motifs is 2. The molecule has 2 aliphatic heterocycles. The van der Waals surface area contributed by atoms with Gasteiger partial charge in [-0.1, -0.05) is 30.3 Å². The molecule has 2 amide bonds. The minimum Gasteiger partial charge on any atom is -0.467 e. The maximum atomic E-state index is 13.0. The fourth-order valence-electron chi connectivity index (χ4n) is 4.67. The highest BCUT2D eigenvalue weighted by Crippen LogP contribution is 2.36. The number of amides is 2. The lowest BCUT2D eigenvalue weighted by atomic mass is 10.0. The maximum absolute atomic E-state index is 13.0. The Morgan fingerprint density at radius 3 is 2.03 bits per heavy atom. The van der Waals surface area contributed by atoms with E-state index in [2.05, 4.69) is 0 Å². The Kier molecular flexibility index (Phi) is 5.69. The van der Waals surface area contributed by atoms with Gasteiger partial charge in [-0.3, -0.25) is 14.5 Å². The number of ether oxygens (including phenoxy) is 2. The van der Waals surface area contributed by atoms with Crippen LogP contribution in [0.3, 0.4) is 0 Å². The van der Waals surface area contributed by atoms with Gasteiger partial charge in [0.05, 0.1) is 25.3 Å². The van der Waals surface area contributed by atoms with Crippen LogP contribution in [0.25, 0.3) is 0 Å². The first-order chi connectivity index (χ1) is 15.4. The summed E-state index contributed by atoms with van der Waals surface area (Å²) in [6.07, 6.45) is 0.572. The lowest BCUT2D eigenvalue weighted by Gasteiger charge is -2.35. The van der Waals surface area contributed by atoms with Gasteiger partial charge in [0.25, 0.3) is 11.8 Å². The number of hydrogen-bond donors (Lipinski definition) is 0. The van der Waals surface area contributed by atoms with Gasteiger partial charge in [0.2, 0.25) is 0 Å². The highest BCUT2D eigenvalue weighted by Gasteiger charge is 2.47. The largest absolute Gasteiger partial charge is 0.467 e. The Morgan fingerprint density at radius 2 is 1.44 bits per heavy atom. The van der Waals surface area contributed by atoms with Crippen molar-refractivity contribution in [2.24, 2.45) is 0 Å². The Balaban J connectivity index is 1.73. The van der Waals surface area contributed by atoms with E-state index in [0.29, 0.717) is 0 Å². The van der Waals surface area contributed by atoms with Crippen molar-refractivity contribution in [3.8, 4) is 0 Å². The van der Waals surface area contributed by atoms with Crippen LogP contribution in [0.2, 0.25) is 0 Å². The van der Waals surface area contributed by atoms with Gasteiger partial charge in [0, 0.05) is 18.2 Å². The quantitative estimate of drug-likeness (QED) is 0.506. The summed E-state index contributed by atoms with van der Waals surface area (Å²) < 4.78 is 10.00. The van der Waals surface area contributed by atoms with Gasteiger partial charge >= 0.3 is 11.9 Å². The Morgan fingerprint density at radius 1 is 0.906 bits per heavy atom. The molecule has 0 N–H and O–H groups in total. The zero-order valence-corrected chi connectivity index (χ0v) is 18.1. The lowest BCUT2D eigenvalue weighted by Crippen LogP contribution is -2.53. The van der Waals surface area contributed by atoms with Crippen molar-refractivity contribution >= 4 is 29.4 Å². The summed E-state index contributed by atoms with van der Waals surface area (Å²) in [5.41, 5.74) is 2.38. The highest BCUT2D eigenvalue weighted by molar-refractivity contribution is 6.22. The summed E-state index contributed by atoms with van der Waals surface area (Å²) in [5.74, 6) is -2.49. The Hall–Kier alpha value is -3.68. The topological polar surface area (TPSA) is 93.2 Å². The number of anilines is 1. The standard InChI is InChI=1S/C24H24N2O6/c1-14-12-15-8-4-7-11-18(15)25(14)19(23(29)31-2)13-20(24(30)32-3)26-21(27)16-9-5-6-10-17(16)22(26)28/h4-11,14,19-20H,12-13H2,1-3H3/t14-,19-,20-/m0/s1. The molecule has 2 heterocycles. The molecule has 3 atom stereocenters. The van der Waals surface area contributed by atoms with Crippen molar-refractivity contribution in [2.45, 2.75) is 37.9 Å². The second kappa shape index (κ2) is 8.45. The van der Waals surface area contributed by atoms with Gasteiger partial charge in [0.1, 0.15) is 12.1 Å². The smallest absolute Gasteiger partial charge is 0.329 e. The molecule has 166 valence electrons. The van der Waals surface area contributed by atoms with Gasteiger partial charge in [-0.25, -0.2) is 9.59 Å². The summed E-state index contributed by atoms with van der Waals surface area (Å²) in [5, 5.41) is 0. The second-order valence-electron chi connectivity index (χ2n) is 7.93. The molecule has 0 fully saturated rings. The monoisotopic (exact) mass is 436 g/mol. The van der Waals surface area contributed by atoms with Gasteiger partial charge in [-0.15, -0.1) is 0 Å². The predicted octanol–water partition coefficient (Wildman–Crippen LogP) is 2.21. The van der Waals surface area contributed by atoms with E-state index in [-0.39, 0.29) is 23.6 Å². The number of carbonyl (C=O) groups is 4. The molecular weight excluding hydrogens is 412 g/mol. The second-order valence-corrected chi connectivity index (χ2v) is 7.93. The first kappa shape index (κ1) is 21.5. The number of hydrogen-bond acceptors (Lipinski definition) is 7. The third kappa shape index (κ3) is 3.41. The molecule has 0 unspecified atom stereocenters. The number of imide groups is 1. The van der Waals surface area contributed by atoms with Gasteiger partial charge in [-0.05, 0) is 37.1 Å². The lowest BCUT2D eigenvalue weighted by molar-refractivity contribution is -0.147. The molecule has 0 bridgehead atoms. The number of nitrogens with zero attached hydrogens (tertiary/aromatic N) is 2. The number of rotatable bonds is 6. The van der Waals surface area contributed by atoms with Gasteiger partial charge in [0.15, 0.2) is 0 Å². The molecule has 0 saturated heterocycles. The molecular formula is C24H24N2O6. The molecule has 0 saturated carbocycles. The van der Waals surface area contributed by atoms with Gasteiger partial charge in [-0.2, -0.15) is 0 Å². The number of methoxy groups -OCH3 is 2. The van der Waals surface area contributed by atoms with E-state index in [1.165, 1.54) is 14.2 Å². The fourth-order valence-corrected chi connectivity index (χ4v) is 4.67. The summed E-state index contributed by atoms with van der Waals surface area (Å²) in [6.45, 7) is 1.98. The molecule has 8 heteroatoms. The fraction of sp³-hybridized carbons (Fsp3) is 0.333. The van der Waals surface area contributed by atoms with Crippen LogP contribution in [0.15, 0.2) is 48.5 Å². The molecule has 4 rings (SSSR count). The van der Waals surface area contributed by atoms with Crippen molar-refractivity contribution in [2.75, 3.05) is 19.1 Å². The van der Waals surface area contributed by atoms with Crippen LogP contribution in [0.1, 0.15) is 39.6 Å². The van der Waals surface area contributed by atoms with Crippen molar-refractivity contribution in [3.05, 3.63) is 65.2 Å². The van der Waals surface area contributed by atoms with Crippen LogP contribution >= 0.6 is 0 Å². The van der Waals surface area contributed by atoms with Crippen molar-refractivity contribution in [1.82, 2.24) is 4.90 Å². The van der Waals surface area contributed by atoms with Crippen molar-refractivity contribution in [1.29, 1.82) is 0 Å². The molecule has 0 aliphatic carbocycles. The normalized spacial score (nSPS) is 18.8. The van der Waals surface area contributed by atoms with E-state index in [4.69, 9.17) is 9.47 Å². The molecule has 32 heavy (non-hydrogen) atoms. The van der Waals surface area contributed by atoms with E-state index >= 15 is 0 Å². The molecule has 2 aromatic carbocycles. The minimum atomic E-state index is -1.28. The predicted molar refractivity (Wildman–Crippen MR) is 115 cm³/mol. The minimum absolute atomic E-state index is 0.0445. The molecule has 0 aromatic heterocycles. The van der Waals surface area contributed by atoms with Crippen LogP contribution in [-0.4, -0.2) is 61.0 Å². The van der Waals surface area contributed by atoms with Crippen molar-refractivity contribution < 1.29 is 28.7 Å². The van der Waals surface area contributed by atoms with Crippen LogP contribution in [-0.2, 0) is 25.5 Å². The molecule has 0 radical (unpaired) electrons. The summed E-state index contributed by atoms with van der Waals surface area (Å²) >= 11 is 0. The van der Waals surface area contributed by atoms with E-state index < -0.39 is 35.8 Å². The Labute approximate surface area is 185 Å². The summed E-state index contributed by atoms with van der Waals surface area (Å²) in [7, 11) is 2.46. The molecule has 0 spiro atoms.